The summed E-state index contributed by atoms with van der Waals surface area (Å²) in [6.07, 6.45) is -4.89. The van der Waals surface area contributed by atoms with Crippen molar-refractivity contribution in [3.05, 3.63) is 35.1 Å². The van der Waals surface area contributed by atoms with Gasteiger partial charge in [0.1, 0.15) is 11.7 Å². The summed E-state index contributed by atoms with van der Waals surface area (Å²) in [7, 11) is 0. The minimum Gasteiger partial charge on any atom is -0.409 e. The van der Waals surface area contributed by atoms with Gasteiger partial charge in [-0.1, -0.05) is 18.1 Å². The molecule has 0 bridgehead atoms. The van der Waals surface area contributed by atoms with E-state index in [0.717, 1.165) is 12.1 Å². The molecule has 0 aromatic heterocycles. The molecule has 1 aromatic carbocycles. The number of nitrogens with zero attached hydrogens (tertiary/aromatic N) is 1. The van der Waals surface area contributed by atoms with Crippen LogP contribution in [0.15, 0.2) is 23.4 Å². The van der Waals surface area contributed by atoms with Crippen LogP contribution in [0.1, 0.15) is 22.8 Å². The molecule has 0 aliphatic heterocycles. The van der Waals surface area contributed by atoms with E-state index in [2.05, 4.69) is 10.5 Å². The highest BCUT2D eigenvalue weighted by Gasteiger charge is 2.35. The largest absolute Gasteiger partial charge is 0.419 e. The van der Waals surface area contributed by atoms with Crippen LogP contribution in [0.5, 0.6) is 0 Å². The molecule has 1 aromatic rings. The molecule has 0 aliphatic carbocycles. The minimum atomic E-state index is -4.89. The van der Waals surface area contributed by atoms with E-state index in [1.807, 2.05) is 0 Å². The van der Waals surface area contributed by atoms with E-state index in [9.17, 15) is 22.4 Å². The number of carbonyl (C=O) groups excluding carboxylic acids is 1. The van der Waals surface area contributed by atoms with Crippen LogP contribution in [-0.2, 0) is 6.18 Å². The Balaban J connectivity index is 2.90. The van der Waals surface area contributed by atoms with Crippen molar-refractivity contribution in [1.29, 1.82) is 0 Å². The van der Waals surface area contributed by atoms with Crippen LogP contribution in [0, 0.1) is 11.7 Å². The maximum absolute atomic E-state index is 13.7. The van der Waals surface area contributed by atoms with Gasteiger partial charge >= 0.3 is 6.18 Å². The second kappa shape index (κ2) is 6.42. The number of hydrogen-bond donors (Lipinski definition) is 3. The lowest BCUT2D eigenvalue weighted by Crippen LogP contribution is -2.35. The lowest BCUT2D eigenvalue weighted by atomic mass is 10.1. The first kappa shape index (κ1) is 16.7. The normalized spacial score (nSPS) is 13.9. The molecule has 0 aliphatic rings. The number of alkyl halides is 3. The third kappa shape index (κ3) is 4.07. The van der Waals surface area contributed by atoms with Gasteiger partial charge in [-0.3, -0.25) is 4.79 Å². The fraction of sp³-hybridized carbons (Fsp3) is 0.333. The van der Waals surface area contributed by atoms with Gasteiger partial charge in [-0.25, -0.2) is 4.39 Å². The van der Waals surface area contributed by atoms with Crippen molar-refractivity contribution in [2.24, 2.45) is 16.8 Å². The minimum absolute atomic E-state index is 0.121. The first-order valence-electron chi connectivity index (χ1n) is 5.79. The molecule has 21 heavy (non-hydrogen) atoms. The van der Waals surface area contributed by atoms with Gasteiger partial charge in [-0.05, 0) is 12.1 Å². The van der Waals surface area contributed by atoms with Crippen molar-refractivity contribution in [2.75, 3.05) is 6.54 Å². The SMILES string of the molecule is CC(CNC(=O)c1cccc(C(F)(F)F)c1F)/C(N)=N/O. The molecular formula is C12H13F4N3O2. The van der Waals surface area contributed by atoms with E-state index in [1.54, 1.807) is 0 Å². The Morgan fingerprint density at radius 3 is 2.62 bits per heavy atom. The zero-order valence-electron chi connectivity index (χ0n) is 10.9. The smallest absolute Gasteiger partial charge is 0.409 e. The Labute approximate surface area is 117 Å². The monoisotopic (exact) mass is 307 g/mol. The van der Waals surface area contributed by atoms with Crippen LogP contribution in [0.4, 0.5) is 17.6 Å². The molecule has 0 saturated carbocycles. The quantitative estimate of drug-likeness (QED) is 0.261. The van der Waals surface area contributed by atoms with Gasteiger partial charge < -0.3 is 16.3 Å². The van der Waals surface area contributed by atoms with E-state index in [0.29, 0.717) is 6.07 Å². The van der Waals surface area contributed by atoms with Crippen LogP contribution >= 0.6 is 0 Å². The van der Waals surface area contributed by atoms with Gasteiger partial charge in [0.25, 0.3) is 5.91 Å². The predicted molar refractivity (Wildman–Crippen MR) is 66.3 cm³/mol. The Kier molecular flexibility index (Phi) is 5.12. The predicted octanol–water partition coefficient (Wildman–Crippen LogP) is 1.96. The van der Waals surface area contributed by atoms with Crippen molar-refractivity contribution >= 4 is 11.7 Å². The zero-order valence-corrected chi connectivity index (χ0v) is 10.9. The van der Waals surface area contributed by atoms with Gasteiger partial charge in [-0.2, -0.15) is 13.2 Å². The molecule has 5 nitrogen and oxygen atoms in total. The molecule has 0 fully saturated rings. The number of halogens is 4. The number of hydrogen-bond acceptors (Lipinski definition) is 3. The maximum Gasteiger partial charge on any atom is 0.419 e. The van der Waals surface area contributed by atoms with Crippen LogP contribution < -0.4 is 11.1 Å². The number of benzene rings is 1. The molecule has 116 valence electrons. The highest BCUT2D eigenvalue weighted by atomic mass is 19.4. The Morgan fingerprint density at radius 2 is 2.10 bits per heavy atom. The molecule has 0 heterocycles. The van der Waals surface area contributed by atoms with Crippen molar-refractivity contribution in [1.82, 2.24) is 5.32 Å². The fourth-order valence-corrected chi connectivity index (χ4v) is 1.47. The average molecular weight is 307 g/mol. The lowest BCUT2D eigenvalue weighted by molar-refractivity contribution is -0.140. The summed E-state index contributed by atoms with van der Waals surface area (Å²) in [4.78, 5) is 11.7. The number of amides is 1. The number of nitrogens with one attached hydrogen (secondary N) is 1. The molecule has 1 rings (SSSR count). The Morgan fingerprint density at radius 1 is 1.48 bits per heavy atom. The van der Waals surface area contributed by atoms with E-state index in [1.165, 1.54) is 6.92 Å². The van der Waals surface area contributed by atoms with Crippen molar-refractivity contribution < 1.29 is 27.6 Å². The van der Waals surface area contributed by atoms with Gasteiger partial charge in [0.15, 0.2) is 0 Å². The number of carbonyl (C=O) groups is 1. The second-order valence-corrected chi connectivity index (χ2v) is 4.30. The molecule has 4 N–H and O–H groups in total. The summed E-state index contributed by atoms with van der Waals surface area (Å²) in [6.45, 7) is 1.39. The van der Waals surface area contributed by atoms with Crippen molar-refractivity contribution in [3.63, 3.8) is 0 Å². The number of amidine groups is 1. The zero-order chi connectivity index (χ0) is 16.2. The molecule has 0 spiro atoms. The number of oxime groups is 1. The molecule has 9 heteroatoms. The topological polar surface area (TPSA) is 87.7 Å². The van der Waals surface area contributed by atoms with Crippen molar-refractivity contribution in [2.45, 2.75) is 13.1 Å². The van der Waals surface area contributed by atoms with Gasteiger partial charge in [0.05, 0.1) is 11.1 Å². The fourth-order valence-electron chi connectivity index (χ4n) is 1.47. The van der Waals surface area contributed by atoms with Crippen LogP contribution in [0.3, 0.4) is 0 Å². The summed E-state index contributed by atoms with van der Waals surface area (Å²) in [5.41, 5.74) is 3.04. The van der Waals surface area contributed by atoms with Gasteiger partial charge in [-0.15, -0.1) is 0 Å². The van der Waals surface area contributed by atoms with Crippen molar-refractivity contribution in [3.8, 4) is 0 Å². The summed E-state index contributed by atoms with van der Waals surface area (Å²) < 4.78 is 51.3. The standard InChI is InChI=1S/C12H13F4N3O2/c1-6(10(17)19-21)5-18-11(20)7-3-2-4-8(9(7)13)12(14,15)16/h2-4,6,21H,5H2,1H3,(H2,17,19)(H,18,20). The summed E-state index contributed by atoms with van der Waals surface area (Å²) in [5.74, 6) is -3.39. The Hall–Kier alpha value is -2.32. The van der Waals surface area contributed by atoms with E-state index in [4.69, 9.17) is 10.9 Å². The second-order valence-electron chi connectivity index (χ2n) is 4.30. The van der Waals surface area contributed by atoms with Crippen LogP contribution in [-0.4, -0.2) is 23.5 Å². The Bertz CT molecular complexity index is 558. The third-order valence-electron chi connectivity index (χ3n) is 2.74. The first-order chi connectivity index (χ1) is 9.68. The van der Waals surface area contributed by atoms with E-state index < -0.39 is 34.9 Å². The molecule has 1 amide bonds. The van der Waals surface area contributed by atoms with Gasteiger partial charge in [0.2, 0.25) is 0 Å². The molecule has 1 unspecified atom stereocenters. The summed E-state index contributed by atoms with van der Waals surface area (Å²) in [6, 6.07) is 2.42. The van der Waals surface area contributed by atoms with E-state index in [-0.39, 0.29) is 12.4 Å². The average Bonchev–Trinajstić information content (AvgIpc) is 2.42. The number of nitrogens with two attached hydrogens (primary N) is 1. The maximum atomic E-state index is 13.7. The lowest BCUT2D eigenvalue weighted by Gasteiger charge is -2.13. The molecule has 1 atom stereocenters. The first-order valence-corrected chi connectivity index (χ1v) is 5.79. The third-order valence-corrected chi connectivity index (χ3v) is 2.74. The molecule has 0 saturated heterocycles. The highest BCUT2D eigenvalue weighted by Crippen LogP contribution is 2.32. The molecule has 0 radical (unpaired) electrons. The summed E-state index contributed by atoms with van der Waals surface area (Å²) in [5, 5.41) is 13.4. The summed E-state index contributed by atoms with van der Waals surface area (Å²) >= 11 is 0. The van der Waals surface area contributed by atoms with Crippen LogP contribution in [0.25, 0.3) is 0 Å². The molecular weight excluding hydrogens is 294 g/mol. The van der Waals surface area contributed by atoms with E-state index >= 15 is 0 Å². The van der Waals surface area contributed by atoms with Crippen LogP contribution in [0.2, 0.25) is 0 Å². The van der Waals surface area contributed by atoms with Gasteiger partial charge in [0, 0.05) is 12.5 Å². The highest BCUT2D eigenvalue weighted by molar-refractivity contribution is 5.95. The number of rotatable bonds is 4.